The highest BCUT2D eigenvalue weighted by Crippen LogP contribution is 2.17. The molecule has 0 aliphatic rings. The van der Waals surface area contributed by atoms with Gasteiger partial charge in [-0.15, -0.1) is 0 Å². The monoisotopic (exact) mass is 709 g/mol. The summed E-state index contributed by atoms with van der Waals surface area (Å²) >= 11 is 0. The van der Waals surface area contributed by atoms with Crippen molar-refractivity contribution in [3.63, 3.8) is 0 Å². The van der Waals surface area contributed by atoms with Gasteiger partial charge in [0.15, 0.2) is 6.10 Å². The molecule has 0 N–H and O–H groups in total. The summed E-state index contributed by atoms with van der Waals surface area (Å²) in [5.74, 6) is -0.00140. The fourth-order valence-electron chi connectivity index (χ4n) is 6.42. The van der Waals surface area contributed by atoms with Crippen LogP contribution in [-0.4, -0.2) is 37.2 Å². The van der Waals surface area contributed by atoms with Crippen LogP contribution in [0, 0.1) is 5.92 Å². The van der Waals surface area contributed by atoms with Crippen LogP contribution >= 0.6 is 0 Å². The van der Waals surface area contributed by atoms with Crippen LogP contribution in [0.15, 0.2) is 0 Å². The average Bonchev–Trinajstić information content (AvgIpc) is 3.11. The molecule has 0 aromatic rings. The lowest BCUT2D eigenvalue weighted by molar-refractivity contribution is -0.167. The number of esters is 3. The molecule has 0 heterocycles. The number of hydrogen-bond acceptors (Lipinski definition) is 6. The van der Waals surface area contributed by atoms with Crippen molar-refractivity contribution < 1.29 is 28.6 Å². The van der Waals surface area contributed by atoms with E-state index in [0.29, 0.717) is 19.3 Å². The van der Waals surface area contributed by atoms with Gasteiger partial charge in [-0.05, 0) is 25.2 Å². The smallest absolute Gasteiger partial charge is 0.306 e. The maximum Gasteiger partial charge on any atom is 0.306 e. The van der Waals surface area contributed by atoms with Crippen LogP contribution in [0.4, 0.5) is 0 Å². The van der Waals surface area contributed by atoms with Gasteiger partial charge in [0, 0.05) is 19.3 Å². The number of rotatable bonds is 39. The van der Waals surface area contributed by atoms with Gasteiger partial charge in [0.25, 0.3) is 0 Å². The van der Waals surface area contributed by atoms with Gasteiger partial charge in [0.1, 0.15) is 13.2 Å². The van der Waals surface area contributed by atoms with Crippen molar-refractivity contribution in [3.8, 4) is 0 Å². The Kier molecular flexibility index (Phi) is 37.4. The molecular formula is C44H84O6. The molecule has 6 heteroatoms. The quantitative estimate of drug-likeness (QED) is 0.0359. The van der Waals surface area contributed by atoms with Crippen LogP contribution in [0.25, 0.3) is 0 Å². The Hall–Kier alpha value is -1.59. The fourth-order valence-corrected chi connectivity index (χ4v) is 6.42. The molecule has 0 spiro atoms. The molecule has 1 unspecified atom stereocenters. The molecule has 0 fully saturated rings. The van der Waals surface area contributed by atoms with E-state index in [1.165, 1.54) is 128 Å². The van der Waals surface area contributed by atoms with E-state index >= 15 is 0 Å². The van der Waals surface area contributed by atoms with Gasteiger partial charge in [-0.1, -0.05) is 201 Å². The summed E-state index contributed by atoms with van der Waals surface area (Å²) in [7, 11) is 0. The summed E-state index contributed by atoms with van der Waals surface area (Å²) < 4.78 is 16.6. The topological polar surface area (TPSA) is 78.9 Å². The van der Waals surface area contributed by atoms with E-state index in [4.69, 9.17) is 14.2 Å². The second-order valence-corrected chi connectivity index (χ2v) is 15.2. The maximum atomic E-state index is 12.5. The van der Waals surface area contributed by atoms with Crippen molar-refractivity contribution in [1.82, 2.24) is 0 Å². The Bertz CT molecular complexity index is 753. The number of hydrogen-bond donors (Lipinski definition) is 0. The van der Waals surface area contributed by atoms with Crippen molar-refractivity contribution in [1.29, 1.82) is 0 Å². The van der Waals surface area contributed by atoms with Crippen LogP contribution in [0.1, 0.15) is 240 Å². The summed E-state index contributed by atoms with van der Waals surface area (Å²) in [6.07, 6.45) is 36.8. The molecule has 0 radical (unpaired) electrons. The Balaban J connectivity index is 4.17. The number of ether oxygens (including phenoxy) is 3. The van der Waals surface area contributed by atoms with Gasteiger partial charge in [-0.2, -0.15) is 0 Å². The van der Waals surface area contributed by atoms with E-state index in [0.717, 1.165) is 70.1 Å². The van der Waals surface area contributed by atoms with E-state index in [1.807, 2.05) is 0 Å². The summed E-state index contributed by atoms with van der Waals surface area (Å²) in [6, 6.07) is 0. The predicted octanol–water partition coefficient (Wildman–Crippen LogP) is 13.6. The molecular weight excluding hydrogens is 624 g/mol. The zero-order valence-electron chi connectivity index (χ0n) is 33.9. The minimum Gasteiger partial charge on any atom is -0.462 e. The molecule has 2 atom stereocenters. The van der Waals surface area contributed by atoms with Crippen molar-refractivity contribution in [3.05, 3.63) is 0 Å². The summed E-state index contributed by atoms with van der Waals surface area (Å²) in [5.41, 5.74) is 0. The van der Waals surface area contributed by atoms with Crippen LogP contribution in [0.3, 0.4) is 0 Å². The van der Waals surface area contributed by atoms with Crippen molar-refractivity contribution in [2.45, 2.75) is 246 Å². The molecule has 0 bridgehead atoms. The highest BCUT2D eigenvalue weighted by molar-refractivity contribution is 5.71. The van der Waals surface area contributed by atoms with Crippen molar-refractivity contribution >= 4 is 17.9 Å². The molecule has 0 saturated carbocycles. The van der Waals surface area contributed by atoms with Crippen molar-refractivity contribution in [2.75, 3.05) is 13.2 Å². The zero-order chi connectivity index (χ0) is 36.8. The third kappa shape index (κ3) is 36.2. The first-order valence-corrected chi connectivity index (χ1v) is 21.9. The van der Waals surface area contributed by atoms with Crippen LogP contribution in [0.2, 0.25) is 0 Å². The van der Waals surface area contributed by atoms with Gasteiger partial charge < -0.3 is 14.2 Å². The first kappa shape index (κ1) is 48.4. The molecule has 0 aromatic heterocycles. The van der Waals surface area contributed by atoms with Gasteiger partial charge in [-0.3, -0.25) is 14.4 Å². The predicted molar refractivity (Wildman–Crippen MR) is 210 cm³/mol. The Morgan fingerprint density at radius 2 is 0.700 bits per heavy atom. The maximum absolute atomic E-state index is 12.5. The summed E-state index contributed by atoms with van der Waals surface area (Å²) in [5, 5.41) is 0. The lowest BCUT2D eigenvalue weighted by Crippen LogP contribution is -2.30. The Morgan fingerprint density at radius 3 is 1.04 bits per heavy atom. The zero-order valence-corrected chi connectivity index (χ0v) is 33.9. The largest absolute Gasteiger partial charge is 0.462 e. The van der Waals surface area contributed by atoms with Crippen molar-refractivity contribution in [2.24, 2.45) is 5.92 Å². The Labute approximate surface area is 310 Å². The van der Waals surface area contributed by atoms with Crippen LogP contribution < -0.4 is 0 Å². The molecule has 0 aliphatic carbocycles. The molecule has 6 nitrogen and oxygen atoms in total. The van der Waals surface area contributed by atoms with Gasteiger partial charge in [0.2, 0.25) is 0 Å². The first-order chi connectivity index (χ1) is 24.4. The normalized spacial score (nSPS) is 12.5. The van der Waals surface area contributed by atoms with E-state index in [1.54, 1.807) is 0 Å². The van der Waals surface area contributed by atoms with E-state index in [9.17, 15) is 14.4 Å². The van der Waals surface area contributed by atoms with E-state index < -0.39 is 6.10 Å². The van der Waals surface area contributed by atoms with Crippen LogP contribution in [-0.2, 0) is 28.6 Å². The molecule has 0 saturated heterocycles. The van der Waals surface area contributed by atoms with Gasteiger partial charge in [-0.25, -0.2) is 0 Å². The number of carbonyl (C=O) groups excluding carboxylic acids is 3. The highest BCUT2D eigenvalue weighted by atomic mass is 16.6. The Morgan fingerprint density at radius 1 is 0.400 bits per heavy atom. The fraction of sp³-hybridized carbons (Fsp3) is 0.932. The van der Waals surface area contributed by atoms with E-state index in [-0.39, 0.29) is 31.1 Å². The molecule has 296 valence electrons. The number of unbranched alkanes of at least 4 members (excludes halogenated alkanes) is 25. The van der Waals surface area contributed by atoms with Gasteiger partial charge >= 0.3 is 17.9 Å². The van der Waals surface area contributed by atoms with Crippen LogP contribution in [0.5, 0.6) is 0 Å². The first-order valence-electron chi connectivity index (χ1n) is 21.9. The lowest BCUT2D eigenvalue weighted by Gasteiger charge is -2.18. The summed E-state index contributed by atoms with van der Waals surface area (Å²) in [4.78, 5) is 37.4. The number of carbonyl (C=O) groups is 3. The third-order valence-corrected chi connectivity index (χ3v) is 10.2. The second kappa shape index (κ2) is 38.6. The van der Waals surface area contributed by atoms with Gasteiger partial charge in [0.05, 0.1) is 0 Å². The molecule has 0 amide bonds. The third-order valence-electron chi connectivity index (χ3n) is 10.2. The average molecular weight is 709 g/mol. The molecule has 0 aromatic carbocycles. The highest BCUT2D eigenvalue weighted by Gasteiger charge is 2.19. The minimum absolute atomic E-state index is 0.0655. The molecule has 0 aliphatic heterocycles. The summed E-state index contributed by atoms with van der Waals surface area (Å²) in [6.45, 7) is 8.93. The van der Waals surface area contributed by atoms with E-state index in [2.05, 4.69) is 27.7 Å². The minimum atomic E-state index is -0.757. The standard InChI is InChI=1S/C44H84O6/c1-5-8-10-12-13-14-15-16-17-21-24-28-31-35-42(45)48-38-41(50-44(47)37-33-26-11-9-6-2)39-49-43(46)36-32-29-25-22-19-18-20-23-27-30-34-40(4)7-3/h40-41H,5-39H2,1-4H3/t40?,41-/m0/s1. The molecule has 50 heavy (non-hydrogen) atoms. The molecule has 0 rings (SSSR count). The SMILES string of the molecule is CCCCCCCCCCCCCCCC(=O)OC[C@@H](COC(=O)CCCCCCCCCCCCC(C)CC)OC(=O)CCCCCCC. The lowest BCUT2D eigenvalue weighted by atomic mass is 9.99. The second-order valence-electron chi connectivity index (χ2n) is 15.2.